The van der Waals surface area contributed by atoms with Crippen molar-refractivity contribution >= 4 is 11.8 Å². The average Bonchev–Trinajstić information content (AvgIpc) is 2.43. The average molecular weight is 317 g/mol. The molecule has 1 rings (SSSR count). The maximum Gasteiger partial charge on any atom is 0.415 e. The van der Waals surface area contributed by atoms with E-state index in [1.165, 1.54) is 18.3 Å². The van der Waals surface area contributed by atoms with Crippen LogP contribution in [0.4, 0.5) is 19.3 Å². The number of pyridine rings is 1. The number of ether oxygens (including phenoxy) is 1. The molecule has 0 fully saturated rings. The third kappa shape index (κ3) is 5.53. The van der Waals surface area contributed by atoms with E-state index in [0.717, 1.165) is 4.90 Å². The summed E-state index contributed by atoms with van der Waals surface area (Å²) < 4.78 is 32.1. The van der Waals surface area contributed by atoms with Crippen molar-refractivity contribution in [2.45, 2.75) is 38.8 Å². The number of rotatable bonds is 5. The highest BCUT2D eigenvalue weighted by atomic mass is 19.3. The molecule has 8 heteroatoms. The van der Waals surface area contributed by atoms with Gasteiger partial charge in [-0.05, 0) is 32.9 Å². The Kier molecular flexibility index (Phi) is 5.78. The summed E-state index contributed by atoms with van der Waals surface area (Å²) in [5.41, 5.74) is 5.28. The molecule has 0 bridgehead atoms. The Hall–Kier alpha value is -1.80. The molecule has 0 aliphatic heterocycles. The van der Waals surface area contributed by atoms with Gasteiger partial charge < -0.3 is 15.6 Å². The second kappa shape index (κ2) is 6.97. The van der Waals surface area contributed by atoms with Crippen molar-refractivity contribution in [3.63, 3.8) is 0 Å². The molecular formula is C14H21F2N3O3. The molecule has 0 aromatic carbocycles. The molecule has 0 aliphatic rings. The fourth-order valence-corrected chi connectivity index (χ4v) is 1.56. The number of aliphatic hydroxyl groups excluding tert-OH is 1. The summed E-state index contributed by atoms with van der Waals surface area (Å²) in [5, 5.41) is 8.73. The van der Waals surface area contributed by atoms with E-state index in [0.29, 0.717) is 5.69 Å². The first kappa shape index (κ1) is 18.2. The lowest BCUT2D eigenvalue weighted by Gasteiger charge is -2.29. The maximum absolute atomic E-state index is 13.5. The number of aromatic nitrogens is 1. The summed E-state index contributed by atoms with van der Waals surface area (Å²) in [6.45, 7) is 2.69. The van der Waals surface area contributed by atoms with Crippen LogP contribution in [-0.2, 0) is 11.3 Å². The summed E-state index contributed by atoms with van der Waals surface area (Å²) in [6, 6.07) is 2.98. The van der Waals surface area contributed by atoms with Crippen molar-refractivity contribution < 1.29 is 23.4 Å². The Morgan fingerprint density at radius 3 is 2.45 bits per heavy atom. The van der Waals surface area contributed by atoms with E-state index in [1.807, 2.05) is 0 Å². The number of amides is 1. The molecule has 0 spiro atoms. The number of nitrogens with two attached hydrogens (primary N) is 1. The lowest BCUT2D eigenvalue weighted by Crippen LogP contribution is -2.45. The quantitative estimate of drug-likeness (QED) is 0.866. The van der Waals surface area contributed by atoms with E-state index in [4.69, 9.17) is 15.6 Å². The van der Waals surface area contributed by atoms with Crippen molar-refractivity contribution in [3.8, 4) is 0 Å². The zero-order valence-electron chi connectivity index (χ0n) is 12.8. The lowest BCUT2D eigenvalue weighted by atomic mass is 10.2. The Morgan fingerprint density at radius 2 is 2.05 bits per heavy atom. The molecule has 6 nitrogen and oxygen atoms in total. The molecule has 1 amide bonds. The third-order valence-corrected chi connectivity index (χ3v) is 2.56. The monoisotopic (exact) mass is 317 g/mol. The third-order valence-electron chi connectivity index (χ3n) is 2.56. The van der Waals surface area contributed by atoms with Gasteiger partial charge in [-0.25, -0.2) is 13.6 Å². The summed E-state index contributed by atoms with van der Waals surface area (Å²) in [7, 11) is 0. The van der Waals surface area contributed by atoms with Gasteiger partial charge in [0.1, 0.15) is 12.2 Å². The van der Waals surface area contributed by atoms with E-state index in [-0.39, 0.29) is 12.2 Å². The zero-order chi connectivity index (χ0) is 17.0. The van der Waals surface area contributed by atoms with Crippen LogP contribution in [-0.4, -0.2) is 40.9 Å². The highest BCUT2D eigenvalue weighted by molar-refractivity contribution is 5.87. The molecule has 1 heterocycles. The normalized spacial score (nSPS) is 12.1. The van der Waals surface area contributed by atoms with Crippen molar-refractivity contribution in [2.24, 2.45) is 5.73 Å². The van der Waals surface area contributed by atoms with Crippen molar-refractivity contribution in [3.05, 3.63) is 24.0 Å². The van der Waals surface area contributed by atoms with Gasteiger partial charge in [0.15, 0.2) is 0 Å². The SMILES string of the molecule is CC(C)(C)OC(=O)N(CC(F)(F)CO)c1ccc(CN)nc1. The fraction of sp³-hybridized carbons (Fsp3) is 0.571. The second-order valence-corrected chi connectivity index (χ2v) is 5.79. The topological polar surface area (TPSA) is 88.7 Å². The van der Waals surface area contributed by atoms with Gasteiger partial charge in [-0.2, -0.15) is 0 Å². The Balaban J connectivity index is 3.06. The molecular weight excluding hydrogens is 296 g/mol. The minimum Gasteiger partial charge on any atom is -0.443 e. The lowest BCUT2D eigenvalue weighted by molar-refractivity contribution is -0.0435. The summed E-state index contributed by atoms with van der Waals surface area (Å²) >= 11 is 0. The molecule has 1 aromatic heterocycles. The smallest absolute Gasteiger partial charge is 0.415 e. The molecule has 22 heavy (non-hydrogen) atoms. The Labute approximate surface area is 127 Å². The number of alkyl halides is 2. The molecule has 3 N–H and O–H groups in total. The molecule has 0 aliphatic carbocycles. The van der Waals surface area contributed by atoms with Gasteiger partial charge >= 0.3 is 6.09 Å². The van der Waals surface area contributed by atoms with Crippen LogP contribution < -0.4 is 10.6 Å². The number of hydrogen-bond donors (Lipinski definition) is 2. The fourth-order valence-electron chi connectivity index (χ4n) is 1.56. The van der Waals surface area contributed by atoms with Gasteiger partial charge in [0.2, 0.25) is 0 Å². The zero-order valence-corrected chi connectivity index (χ0v) is 12.8. The summed E-state index contributed by atoms with van der Waals surface area (Å²) in [4.78, 5) is 16.9. The number of nitrogens with zero attached hydrogens (tertiary/aromatic N) is 2. The second-order valence-electron chi connectivity index (χ2n) is 5.79. The number of aliphatic hydroxyl groups is 1. The standard InChI is InChI=1S/C14H21F2N3O3/c1-13(2,3)22-12(21)19(8-14(15,16)9-20)11-5-4-10(6-17)18-7-11/h4-5,7,20H,6,8-9,17H2,1-3H3. The summed E-state index contributed by atoms with van der Waals surface area (Å²) in [5.74, 6) is -3.45. The van der Waals surface area contributed by atoms with E-state index in [2.05, 4.69) is 4.98 Å². The van der Waals surface area contributed by atoms with Gasteiger partial charge in [0.25, 0.3) is 5.92 Å². The van der Waals surface area contributed by atoms with Crippen LogP contribution in [0.2, 0.25) is 0 Å². The van der Waals surface area contributed by atoms with Crippen LogP contribution in [0.5, 0.6) is 0 Å². The maximum atomic E-state index is 13.5. The van der Waals surface area contributed by atoms with Crippen LogP contribution in [0.15, 0.2) is 18.3 Å². The predicted octanol–water partition coefficient (Wildman–Crippen LogP) is 1.91. The van der Waals surface area contributed by atoms with E-state index in [9.17, 15) is 13.6 Å². The van der Waals surface area contributed by atoms with Crippen LogP contribution in [0.3, 0.4) is 0 Å². The van der Waals surface area contributed by atoms with Crippen LogP contribution >= 0.6 is 0 Å². The highest BCUT2D eigenvalue weighted by Gasteiger charge is 2.35. The van der Waals surface area contributed by atoms with Gasteiger partial charge in [0, 0.05) is 6.54 Å². The van der Waals surface area contributed by atoms with Gasteiger partial charge in [0.05, 0.1) is 24.1 Å². The largest absolute Gasteiger partial charge is 0.443 e. The predicted molar refractivity (Wildman–Crippen MR) is 77.7 cm³/mol. The number of halogens is 2. The van der Waals surface area contributed by atoms with E-state index >= 15 is 0 Å². The molecule has 0 atom stereocenters. The number of carbonyl (C=O) groups is 1. The summed E-state index contributed by atoms with van der Waals surface area (Å²) in [6.07, 6.45) is 0.322. The van der Waals surface area contributed by atoms with Crippen LogP contribution in [0.1, 0.15) is 26.5 Å². The van der Waals surface area contributed by atoms with Gasteiger partial charge in [-0.3, -0.25) is 9.88 Å². The van der Waals surface area contributed by atoms with Gasteiger partial charge in [-0.15, -0.1) is 0 Å². The molecule has 0 unspecified atom stereocenters. The Bertz CT molecular complexity index is 501. The number of anilines is 1. The highest BCUT2D eigenvalue weighted by Crippen LogP contribution is 2.23. The van der Waals surface area contributed by atoms with Crippen molar-refractivity contribution in [1.29, 1.82) is 0 Å². The minimum atomic E-state index is -3.45. The van der Waals surface area contributed by atoms with Gasteiger partial charge in [-0.1, -0.05) is 0 Å². The van der Waals surface area contributed by atoms with Crippen molar-refractivity contribution in [1.82, 2.24) is 4.98 Å². The molecule has 124 valence electrons. The molecule has 1 aromatic rings. The Morgan fingerprint density at radius 1 is 1.41 bits per heavy atom. The first-order chi connectivity index (χ1) is 10.1. The minimum absolute atomic E-state index is 0.138. The van der Waals surface area contributed by atoms with E-state index < -0.39 is 30.8 Å². The number of hydrogen-bond acceptors (Lipinski definition) is 5. The molecule has 0 radical (unpaired) electrons. The van der Waals surface area contributed by atoms with Crippen LogP contribution in [0, 0.1) is 0 Å². The number of carbonyl (C=O) groups excluding carboxylic acids is 1. The van der Waals surface area contributed by atoms with Crippen molar-refractivity contribution in [2.75, 3.05) is 18.1 Å². The first-order valence-electron chi connectivity index (χ1n) is 6.72. The molecule has 0 saturated heterocycles. The van der Waals surface area contributed by atoms with Crippen LogP contribution in [0.25, 0.3) is 0 Å². The first-order valence-corrected chi connectivity index (χ1v) is 6.72. The van der Waals surface area contributed by atoms with E-state index in [1.54, 1.807) is 20.8 Å². The molecule has 0 saturated carbocycles.